The molecule has 1 aliphatic rings. The summed E-state index contributed by atoms with van der Waals surface area (Å²) in [5, 5.41) is 3.50. The van der Waals surface area contributed by atoms with Gasteiger partial charge in [-0.15, -0.1) is 0 Å². The van der Waals surface area contributed by atoms with Gasteiger partial charge in [-0.3, -0.25) is 24.3 Å². The second kappa shape index (κ2) is 6.04. The Morgan fingerprint density at radius 2 is 2.12 bits per heavy atom. The zero-order chi connectivity index (χ0) is 17.4. The van der Waals surface area contributed by atoms with Gasteiger partial charge in [0.2, 0.25) is 0 Å². The summed E-state index contributed by atoms with van der Waals surface area (Å²) in [6.07, 6.45) is 4.41. The van der Waals surface area contributed by atoms with Crippen molar-refractivity contribution < 1.29 is 0 Å². The van der Waals surface area contributed by atoms with Crippen molar-refractivity contribution in [3.05, 3.63) is 57.5 Å². The highest BCUT2D eigenvalue weighted by atomic mass is 16.2. The van der Waals surface area contributed by atoms with Crippen LogP contribution in [0.1, 0.15) is 6.42 Å². The minimum atomic E-state index is -0.400. The molecule has 0 spiro atoms. The first-order chi connectivity index (χ1) is 12.1. The van der Waals surface area contributed by atoms with Crippen molar-refractivity contribution >= 4 is 22.5 Å². The normalized spacial score (nSPS) is 17.2. The zero-order valence-corrected chi connectivity index (χ0v) is 13.8. The number of fused-ring (bicyclic) bond motifs is 1. The maximum atomic E-state index is 11.8. The predicted molar refractivity (Wildman–Crippen MR) is 96.1 cm³/mol. The number of nitrogens with zero attached hydrogens (tertiary/aromatic N) is 4. The SMILES string of the molecule is Cn1c(=O)cc(N2CC[C@H](Nc3ccnc4cccnc34)C2)[nH]c1=O. The first-order valence-electron chi connectivity index (χ1n) is 8.13. The van der Waals surface area contributed by atoms with Crippen LogP contribution in [0.3, 0.4) is 0 Å². The second-order valence-electron chi connectivity index (χ2n) is 6.16. The zero-order valence-electron chi connectivity index (χ0n) is 13.8. The van der Waals surface area contributed by atoms with Crippen LogP contribution in [-0.2, 0) is 7.05 Å². The van der Waals surface area contributed by atoms with E-state index in [0.29, 0.717) is 12.4 Å². The molecular weight excluding hydrogens is 320 g/mol. The molecule has 0 amide bonds. The fourth-order valence-corrected chi connectivity index (χ4v) is 3.13. The Bertz CT molecular complexity index is 1000. The number of anilines is 2. The third-order valence-corrected chi connectivity index (χ3v) is 4.52. The monoisotopic (exact) mass is 338 g/mol. The summed E-state index contributed by atoms with van der Waals surface area (Å²) in [6, 6.07) is 7.37. The van der Waals surface area contributed by atoms with E-state index in [4.69, 9.17) is 0 Å². The van der Waals surface area contributed by atoms with Crippen molar-refractivity contribution in [3.8, 4) is 0 Å². The lowest BCUT2D eigenvalue weighted by atomic mass is 10.2. The van der Waals surface area contributed by atoms with Gasteiger partial charge in [0, 0.05) is 44.6 Å². The Kier molecular flexibility index (Phi) is 3.72. The van der Waals surface area contributed by atoms with Gasteiger partial charge in [-0.05, 0) is 24.6 Å². The van der Waals surface area contributed by atoms with E-state index in [0.717, 1.165) is 34.3 Å². The standard InChI is InChI=1S/C17H18N6O2/c1-22-15(24)9-14(21-17(22)25)23-8-5-11(10-23)20-13-4-7-18-12-3-2-6-19-16(12)13/h2-4,6-7,9,11H,5,8,10H2,1H3,(H,18,20)(H,21,25)/t11-/m0/s1. The van der Waals surface area contributed by atoms with Crippen LogP contribution in [0.15, 0.2) is 46.2 Å². The van der Waals surface area contributed by atoms with Crippen LogP contribution in [0.5, 0.6) is 0 Å². The maximum absolute atomic E-state index is 11.8. The van der Waals surface area contributed by atoms with Crippen LogP contribution >= 0.6 is 0 Å². The van der Waals surface area contributed by atoms with Gasteiger partial charge in [-0.1, -0.05) is 0 Å². The van der Waals surface area contributed by atoms with E-state index in [-0.39, 0.29) is 11.6 Å². The molecule has 1 fully saturated rings. The summed E-state index contributed by atoms with van der Waals surface area (Å²) < 4.78 is 1.06. The number of rotatable bonds is 3. The number of aromatic amines is 1. The molecule has 8 heteroatoms. The highest BCUT2D eigenvalue weighted by Gasteiger charge is 2.24. The van der Waals surface area contributed by atoms with Gasteiger partial charge in [-0.25, -0.2) is 4.79 Å². The van der Waals surface area contributed by atoms with E-state index in [9.17, 15) is 9.59 Å². The average Bonchev–Trinajstić information content (AvgIpc) is 3.08. The quantitative estimate of drug-likeness (QED) is 0.730. The number of pyridine rings is 2. The lowest BCUT2D eigenvalue weighted by molar-refractivity contribution is 0.761. The number of nitrogens with one attached hydrogen (secondary N) is 2. The molecule has 4 heterocycles. The van der Waals surface area contributed by atoms with Gasteiger partial charge in [0.25, 0.3) is 5.56 Å². The average molecular weight is 338 g/mol. The van der Waals surface area contributed by atoms with Crippen LogP contribution in [0.4, 0.5) is 11.5 Å². The molecular formula is C17H18N6O2. The fraction of sp³-hybridized carbons (Fsp3) is 0.294. The van der Waals surface area contributed by atoms with Crippen molar-refractivity contribution in [2.24, 2.45) is 7.05 Å². The number of H-pyrrole nitrogens is 1. The largest absolute Gasteiger partial charge is 0.379 e. The highest BCUT2D eigenvalue weighted by Crippen LogP contribution is 2.23. The lowest BCUT2D eigenvalue weighted by Gasteiger charge is -2.19. The Labute approximate surface area is 143 Å². The minimum absolute atomic E-state index is 0.195. The molecule has 4 rings (SSSR count). The fourth-order valence-electron chi connectivity index (χ4n) is 3.13. The van der Waals surface area contributed by atoms with E-state index in [2.05, 4.69) is 20.3 Å². The molecule has 0 radical (unpaired) electrons. The summed E-state index contributed by atoms with van der Waals surface area (Å²) in [5.41, 5.74) is 1.92. The predicted octanol–water partition coefficient (Wildman–Crippen LogP) is 0.708. The smallest absolute Gasteiger partial charge is 0.329 e. The molecule has 1 aliphatic heterocycles. The summed E-state index contributed by atoms with van der Waals surface area (Å²) in [6.45, 7) is 1.46. The first-order valence-corrected chi connectivity index (χ1v) is 8.13. The van der Waals surface area contributed by atoms with E-state index in [1.54, 1.807) is 12.4 Å². The molecule has 1 saturated heterocycles. The van der Waals surface area contributed by atoms with E-state index >= 15 is 0 Å². The molecule has 0 unspecified atom stereocenters. The third-order valence-electron chi connectivity index (χ3n) is 4.52. The molecule has 1 atom stereocenters. The number of aromatic nitrogens is 4. The van der Waals surface area contributed by atoms with Gasteiger partial charge in [0.1, 0.15) is 11.3 Å². The van der Waals surface area contributed by atoms with Crippen LogP contribution in [0.25, 0.3) is 11.0 Å². The Morgan fingerprint density at radius 1 is 1.24 bits per heavy atom. The Balaban J connectivity index is 1.55. The summed E-state index contributed by atoms with van der Waals surface area (Å²) in [4.78, 5) is 37.1. The molecule has 3 aromatic rings. The summed E-state index contributed by atoms with van der Waals surface area (Å²) in [5.74, 6) is 0.565. The van der Waals surface area contributed by atoms with Gasteiger partial charge >= 0.3 is 5.69 Å². The van der Waals surface area contributed by atoms with Crippen molar-refractivity contribution in [2.75, 3.05) is 23.3 Å². The van der Waals surface area contributed by atoms with Crippen molar-refractivity contribution in [1.82, 2.24) is 19.5 Å². The molecule has 3 aromatic heterocycles. The molecule has 0 aromatic carbocycles. The van der Waals surface area contributed by atoms with Crippen molar-refractivity contribution in [1.29, 1.82) is 0 Å². The van der Waals surface area contributed by atoms with Gasteiger partial charge in [0.05, 0.1) is 11.2 Å². The molecule has 0 aliphatic carbocycles. The van der Waals surface area contributed by atoms with Gasteiger partial charge in [0.15, 0.2) is 0 Å². The van der Waals surface area contributed by atoms with Crippen molar-refractivity contribution in [2.45, 2.75) is 12.5 Å². The van der Waals surface area contributed by atoms with Crippen LogP contribution in [-0.4, -0.2) is 38.7 Å². The molecule has 8 nitrogen and oxygen atoms in total. The minimum Gasteiger partial charge on any atom is -0.379 e. The molecule has 0 saturated carbocycles. The Morgan fingerprint density at radius 3 is 2.96 bits per heavy atom. The Hall–Kier alpha value is -3.16. The summed E-state index contributed by atoms with van der Waals surface area (Å²) in [7, 11) is 1.46. The molecule has 128 valence electrons. The molecule has 25 heavy (non-hydrogen) atoms. The first kappa shape index (κ1) is 15.4. The van der Waals surface area contributed by atoms with Crippen LogP contribution in [0, 0.1) is 0 Å². The maximum Gasteiger partial charge on any atom is 0.329 e. The second-order valence-corrected chi connectivity index (χ2v) is 6.16. The molecule has 0 bridgehead atoms. The van der Waals surface area contributed by atoms with Crippen molar-refractivity contribution in [3.63, 3.8) is 0 Å². The topological polar surface area (TPSA) is 95.9 Å². The third kappa shape index (κ3) is 2.86. The number of hydrogen-bond donors (Lipinski definition) is 2. The van der Waals surface area contributed by atoms with Gasteiger partial charge in [-0.2, -0.15) is 0 Å². The van der Waals surface area contributed by atoms with Crippen LogP contribution < -0.4 is 21.5 Å². The lowest BCUT2D eigenvalue weighted by Crippen LogP contribution is -2.35. The van der Waals surface area contributed by atoms with E-state index in [1.165, 1.54) is 13.1 Å². The number of hydrogen-bond acceptors (Lipinski definition) is 6. The van der Waals surface area contributed by atoms with Gasteiger partial charge < -0.3 is 10.2 Å². The van der Waals surface area contributed by atoms with E-state index in [1.807, 2.05) is 23.1 Å². The highest BCUT2D eigenvalue weighted by molar-refractivity contribution is 5.87. The van der Waals surface area contributed by atoms with Crippen LogP contribution in [0.2, 0.25) is 0 Å². The van der Waals surface area contributed by atoms with E-state index < -0.39 is 5.69 Å². The summed E-state index contributed by atoms with van der Waals surface area (Å²) >= 11 is 0. The molecule has 2 N–H and O–H groups in total.